The summed E-state index contributed by atoms with van der Waals surface area (Å²) >= 11 is 0. The zero-order valence-electron chi connectivity index (χ0n) is 17.2. The zero-order chi connectivity index (χ0) is 19.6. The van der Waals surface area contributed by atoms with E-state index in [0.717, 1.165) is 58.7 Å². The standard InChI is InChI=1S/C19H35N4O4/c1-15(2)21-7-5-16(6-8-21)23(3)14-17(27-19(23)25)22-11-9-20(10-12-22)13-18(24)26-4/h15-17H,5-14H2,1-4H3/q+1. The minimum atomic E-state index is -0.201. The number of esters is 1. The van der Waals surface area contributed by atoms with E-state index in [-0.39, 0.29) is 18.3 Å². The molecule has 0 aromatic rings. The highest BCUT2D eigenvalue weighted by Crippen LogP contribution is 2.31. The van der Waals surface area contributed by atoms with Crippen LogP contribution in [0.15, 0.2) is 0 Å². The Balaban J connectivity index is 1.52. The molecule has 8 heteroatoms. The van der Waals surface area contributed by atoms with Gasteiger partial charge in [-0.25, -0.2) is 4.48 Å². The average Bonchev–Trinajstić information content (AvgIpc) is 2.98. The summed E-state index contributed by atoms with van der Waals surface area (Å²) in [6, 6.07) is 0.911. The van der Waals surface area contributed by atoms with Gasteiger partial charge in [-0.3, -0.25) is 14.6 Å². The molecule has 1 amide bonds. The van der Waals surface area contributed by atoms with E-state index in [9.17, 15) is 9.59 Å². The fraction of sp³-hybridized carbons (Fsp3) is 0.895. The van der Waals surface area contributed by atoms with Gasteiger partial charge in [0.1, 0.15) is 12.6 Å². The Hall–Kier alpha value is -1.22. The number of hydrogen-bond donors (Lipinski definition) is 0. The van der Waals surface area contributed by atoms with Gasteiger partial charge in [-0.15, -0.1) is 0 Å². The average molecular weight is 384 g/mol. The van der Waals surface area contributed by atoms with Gasteiger partial charge >= 0.3 is 12.1 Å². The van der Waals surface area contributed by atoms with E-state index in [0.29, 0.717) is 23.1 Å². The second-order valence-electron chi connectivity index (χ2n) is 8.54. The quantitative estimate of drug-likeness (QED) is 0.508. The van der Waals surface area contributed by atoms with Gasteiger partial charge in [0.25, 0.3) is 0 Å². The third kappa shape index (κ3) is 4.45. The molecule has 0 N–H and O–H groups in total. The van der Waals surface area contributed by atoms with Gasteiger partial charge in [0.05, 0.1) is 20.7 Å². The highest BCUT2D eigenvalue weighted by molar-refractivity contribution is 5.71. The molecule has 0 aliphatic carbocycles. The molecule has 0 radical (unpaired) electrons. The Morgan fingerprint density at radius 1 is 1.19 bits per heavy atom. The third-order valence-electron chi connectivity index (χ3n) is 6.62. The van der Waals surface area contributed by atoms with Crippen LogP contribution in [0.3, 0.4) is 0 Å². The van der Waals surface area contributed by atoms with Crippen LogP contribution < -0.4 is 0 Å². The number of methoxy groups -OCH3 is 1. The summed E-state index contributed by atoms with van der Waals surface area (Å²) in [5, 5.41) is 0. The second-order valence-corrected chi connectivity index (χ2v) is 8.54. The van der Waals surface area contributed by atoms with Crippen LogP contribution in [0.5, 0.6) is 0 Å². The molecule has 3 heterocycles. The van der Waals surface area contributed by atoms with Crippen LogP contribution in [0.25, 0.3) is 0 Å². The number of rotatable bonds is 5. The first kappa shape index (κ1) is 20.5. The topological polar surface area (TPSA) is 62.3 Å². The molecule has 8 nitrogen and oxygen atoms in total. The Morgan fingerprint density at radius 3 is 2.37 bits per heavy atom. The number of amides is 1. The summed E-state index contributed by atoms with van der Waals surface area (Å²) in [7, 11) is 3.46. The summed E-state index contributed by atoms with van der Waals surface area (Å²) in [5.41, 5.74) is 0. The van der Waals surface area contributed by atoms with Gasteiger partial charge in [-0.05, 0) is 13.8 Å². The lowest BCUT2D eigenvalue weighted by atomic mass is 10.0. The summed E-state index contributed by atoms with van der Waals surface area (Å²) in [5.74, 6) is -0.201. The van der Waals surface area contributed by atoms with Gasteiger partial charge < -0.3 is 14.4 Å². The van der Waals surface area contributed by atoms with E-state index in [4.69, 9.17) is 9.47 Å². The first-order valence-corrected chi connectivity index (χ1v) is 10.2. The zero-order valence-corrected chi connectivity index (χ0v) is 17.2. The van der Waals surface area contributed by atoms with Gasteiger partial charge in [-0.1, -0.05) is 0 Å². The smallest absolute Gasteiger partial charge is 0.468 e. The predicted molar refractivity (Wildman–Crippen MR) is 101 cm³/mol. The van der Waals surface area contributed by atoms with Crippen LogP contribution in [0, 0.1) is 0 Å². The van der Waals surface area contributed by atoms with E-state index < -0.39 is 0 Å². The van der Waals surface area contributed by atoms with E-state index in [1.807, 2.05) is 7.05 Å². The first-order chi connectivity index (χ1) is 12.8. The van der Waals surface area contributed by atoms with E-state index in [2.05, 4.69) is 28.5 Å². The number of piperidine rings is 1. The summed E-state index contributed by atoms with van der Waals surface area (Å²) in [6.45, 7) is 10.8. The largest absolute Gasteiger partial charge is 0.517 e. The summed E-state index contributed by atoms with van der Waals surface area (Å²) in [4.78, 5) is 31.0. The molecule has 3 aliphatic rings. The van der Waals surface area contributed by atoms with E-state index in [1.165, 1.54) is 7.11 Å². The maximum Gasteiger partial charge on any atom is 0.517 e. The van der Waals surface area contributed by atoms with Crippen molar-refractivity contribution in [3.8, 4) is 0 Å². The molecule has 2 unspecified atom stereocenters. The number of carbonyl (C=O) groups excluding carboxylic acids is 2. The molecule has 0 saturated carbocycles. The first-order valence-electron chi connectivity index (χ1n) is 10.2. The Labute approximate surface area is 162 Å². The fourth-order valence-electron chi connectivity index (χ4n) is 4.59. The number of piperazine rings is 1. The Morgan fingerprint density at radius 2 is 1.81 bits per heavy atom. The molecule has 0 aromatic carbocycles. The molecular weight excluding hydrogens is 348 g/mol. The number of likely N-dealkylation sites (tertiary alicyclic amines) is 1. The van der Waals surface area contributed by atoms with Crippen molar-refractivity contribution in [1.29, 1.82) is 0 Å². The van der Waals surface area contributed by atoms with E-state index >= 15 is 0 Å². The molecule has 3 rings (SSSR count). The van der Waals surface area contributed by atoms with Crippen molar-refractivity contribution in [2.45, 2.75) is 45.0 Å². The fourth-order valence-corrected chi connectivity index (χ4v) is 4.59. The second kappa shape index (κ2) is 8.43. The molecule has 0 spiro atoms. The molecule has 3 saturated heterocycles. The molecule has 154 valence electrons. The van der Waals surface area contributed by atoms with Crippen LogP contribution in [-0.2, 0) is 14.3 Å². The Kier molecular flexibility index (Phi) is 6.40. The molecule has 0 aromatic heterocycles. The number of quaternary nitrogens is 1. The minimum absolute atomic E-state index is 0.0833. The normalized spacial score (nSPS) is 32.0. The van der Waals surface area contributed by atoms with Crippen molar-refractivity contribution in [1.82, 2.24) is 14.7 Å². The number of likely N-dealkylation sites (N-methyl/N-ethyl adjacent to an activating group) is 1. The third-order valence-corrected chi connectivity index (χ3v) is 6.62. The number of carbonyl (C=O) groups is 2. The minimum Gasteiger partial charge on any atom is -0.468 e. The SMILES string of the molecule is COC(=O)CN1CCN(C2C[N+](C)(C3CCN(C(C)C)CC3)C(=O)O2)CC1. The van der Waals surface area contributed by atoms with Crippen molar-refractivity contribution < 1.29 is 23.5 Å². The van der Waals surface area contributed by atoms with Gasteiger partial charge in [0.15, 0.2) is 0 Å². The van der Waals surface area contributed by atoms with Crippen molar-refractivity contribution in [2.24, 2.45) is 0 Å². The lowest BCUT2D eigenvalue weighted by molar-refractivity contribution is -0.852. The highest BCUT2D eigenvalue weighted by Gasteiger charge is 2.53. The van der Waals surface area contributed by atoms with Crippen molar-refractivity contribution in [2.75, 3.05) is 66.5 Å². The van der Waals surface area contributed by atoms with Crippen molar-refractivity contribution in [3.63, 3.8) is 0 Å². The molecule has 0 bridgehead atoms. The van der Waals surface area contributed by atoms with Gasteiger partial charge in [0, 0.05) is 58.2 Å². The van der Waals surface area contributed by atoms with Crippen LogP contribution >= 0.6 is 0 Å². The maximum absolute atomic E-state index is 12.8. The predicted octanol–water partition coefficient (Wildman–Crippen LogP) is 0.573. The van der Waals surface area contributed by atoms with Crippen LogP contribution in [0.1, 0.15) is 26.7 Å². The van der Waals surface area contributed by atoms with E-state index in [1.54, 1.807) is 0 Å². The molecule has 3 fully saturated rings. The van der Waals surface area contributed by atoms with Gasteiger partial charge in [-0.2, -0.15) is 4.79 Å². The lowest BCUT2D eigenvalue weighted by Crippen LogP contribution is -2.59. The number of hydrogen-bond acceptors (Lipinski definition) is 7. The van der Waals surface area contributed by atoms with Gasteiger partial charge in [0.2, 0.25) is 6.23 Å². The molecular formula is C19H35N4O4+. The monoisotopic (exact) mass is 383 g/mol. The highest BCUT2D eigenvalue weighted by atomic mass is 16.6. The van der Waals surface area contributed by atoms with Crippen molar-refractivity contribution in [3.05, 3.63) is 0 Å². The van der Waals surface area contributed by atoms with Crippen molar-refractivity contribution >= 4 is 12.1 Å². The van der Waals surface area contributed by atoms with Crippen LogP contribution in [-0.4, -0.2) is 116 Å². The molecule has 2 atom stereocenters. The number of nitrogens with zero attached hydrogens (tertiary/aromatic N) is 4. The van der Waals surface area contributed by atoms with Crippen LogP contribution in [0.2, 0.25) is 0 Å². The number of ether oxygens (including phenoxy) is 2. The Bertz CT molecular complexity index is 542. The summed E-state index contributed by atoms with van der Waals surface area (Å²) < 4.78 is 11.0. The summed E-state index contributed by atoms with van der Waals surface area (Å²) in [6.07, 6.45) is 1.86. The maximum atomic E-state index is 12.8. The van der Waals surface area contributed by atoms with Crippen LogP contribution in [0.4, 0.5) is 4.79 Å². The molecule has 3 aliphatic heterocycles. The molecule has 27 heavy (non-hydrogen) atoms. The number of cyclic esters (lactones) is 1. The lowest BCUT2D eigenvalue weighted by Gasteiger charge is -2.40.